The molecule has 0 aromatic heterocycles. The molecule has 0 radical (unpaired) electrons. The molecule has 2 N–H and O–H groups in total. The fraction of sp³-hybridized carbons (Fsp3) is 0.917. The first-order valence-electron chi connectivity index (χ1n) is 6.41. The molecule has 1 aliphatic heterocycles. The van der Waals surface area contributed by atoms with Gasteiger partial charge in [0, 0.05) is 18.0 Å². The van der Waals surface area contributed by atoms with Gasteiger partial charge < -0.3 is 15.4 Å². The molecule has 1 unspecified atom stereocenters. The van der Waals surface area contributed by atoms with Gasteiger partial charge >= 0.3 is 6.09 Å². The van der Waals surface area contributed by atoms with Gasteiger partial charge in [-0.2, -0.15) is 0 Å². The monoisotopic (exact) mass is 226 g/mol. The number of carbonyl (C=O) groups excluding carboxylic acids is 1. The van der Waals surface area contributed by atoms with E-state index in [1.165, 1.54) is 12.8 Å². The van der Waals surface area contributed by atoms with E-state index in [4.69, 9.17) is 4.74 Å². The van der Waals surface area contributed by atoms with Crippen molar-refractivity contribution in [3.05, 3.63) is 0 Å². The van der Waals surface area contributed by atoms with E-state index in [1.54, 1.807) is 0 Å². The third-order valence-electron chi connectivity index (χ3n) is 3.74. The van der Waals surface area contributed by atoms with Crippen molar-refractivity contribution in [1.82, 2.24) is 10.6 Å². The molecule has 4 nitrogen and oxygen atoms in total. The van der Waals surface area contributed by atoms with Crippen molar-refractivity contribution in [3.8, 4) is 0 Å². The summed E-state index contributed by atoms with van der Waals surface area (Å²) in [6.45, 7) is 4.68. The SMILES string of the molecule is CCCCOC(=O)NC1CCNCC12CC2. The third kappa shape index (κ3) is 2.67. The molecule has 0 bridgehead atoms. The van der Waals surface area contributed by atoms with Crippen LogP contribution >= 0.6 is 0 Å². The molecule has 2 aliphatic rings. The highest BCUT2D eigenvalue weighted by atomic mass is 16.5. The molecule has 4 heteroatoms. The van der Waals surface area contributed by atoms with Crippen LogP contribution in [0.15, 0.2) is 0 Å². The van der Waals surface area contributed by atoms with Crippen molar-refractivity contribution in [2.45, 2.75) is 45.1 Å². The summed E-state index contributed by atoms with van der Waals surface area (Å²) in [5.74, 6) is 0. The quantitative estimate of drug-likeness (QED) is 0.717. The number of amides is 1. The van der Waals surface area contributed by atoms with Gasteiger partial charge in [0.2, 0.25) is 0 Å². The second-order valence-electron chi connectivity index (χ2n) is 5.01. The second-order valence-corrected chi connectivity index (χ2v) is 5.01. The molecule has 0 aromatic carbocycles. The minimum Gasteiger partial charge on any atom is -0.450 e. The zero-order valence-electron chi connectivity index (χ0n) is 10.1. The zero-order chi connectivity index (χ0) is 11.4. The molecule has 16 heavy (non-hydrogen) atoms. The number of hydrogen-bond donors (Lipinski definition) is 2. The number of unbranched alkanes of at least 4 members (excludes halogenated alkanes) is 1. The smallest absolute Gasteiger partial charge is 0.407 e. The maximum atomic E-state index is 11.5. The molecule has 1 saturated carbocycles. The maximum Gasteiger partial charge on any atom is 0.407 e. The van der Waals surface area contributed by atoms with E-state index in [-0.39, 0.29) is 6.09 Å². The lowest BCUT2D eigenvalue weighted by molar-refractivity contribution is 0.130. The molecule has 1 spiro atoms. The highest BCUT2D eigenvalue weighted by Gasteiger charge is 2.51. The molecule has 1 amide bonds. The molecule has 1 atom stereocenters. The standard InChI is InChI=1S/C12H22N2O2/c1-2-3-8-16-11(15)14-10-4-7-13-9-12(10)5-6-12/h10,13H,2-9H2,1H3,(H,14,15). The summed E-state index contributed by atoms with van der Waals surface area (Å²) in [5.41, 5.74) is 0.349. The number of nitrogens with one attached hydrogen (secondary N) is 2. The first-order valence-corrected chi connectivity index (χ1v) is 6.41. The van der Waals surface area contributed by atoms with Crippen LogP contribution in [-0.2, 0) is 4.74 Å². The fourth-order valence-electron chi connectivity index (χ4n) is 2.42. The fourth-order valence-corrected chi connectivity index (χ4v) is 2.42. The average molecular weight is 226 g/mol. The normalized spacial score (nSPS) is 26.4. The number of alkyl carbamates (subject to hydrolysis) is 1. The number of piperidine rings is 1. The summed E-state index contributed by atoms with van der Waals surface area (Å²) < 4.78 is 5.14. The Morgan fingerprint density at radius 2 is 2.38 bits per heavy atom. The first-order chi connectivity index (χ1) is 7.77. The average Bonchev–Trinajstić information content (AvgIpc) is 3.03. The van der Waals surface area contributed by atoms with Crippen LogP contribution < -0.4 is 10.6 Å². The molecular formula is C12H22N2O2. The topological polar surface area (TPSA) is 50.4 Å². The van der Waals surface area contributed by atoms with E-state index < -0.39 is 0 Å². The summed E-state index contributed by atoms with van der Waals surface area (Å²) in [6, 6.07) is 0.322. The third-order valence-corrected chi connectivity index (χ3v) is 3.74. The van der Waals surface area contributed by atoms with E-state index in [2.05, 4.69) is 17.6 Å². The van der Waals surface area contributed by atoms with Gasteiger partial charge in [-0.05, 0) is 32.2 Å². The molecule has 1 aliphatic carbocycles. The summed E-state index contributed by atoms with van der Waals surface area (Å²) in [4.78, 5) is 11.5. The lowest BCUT2D eigenvalue weighted by Gasteiger charge is -2.32. The first kappa shape index (κ1) is 11.7. The Bertz CT molecular complexity index is 251. The lowest BCUT2D eigenvalue weighted by Crippen LogP contribution is -2.51. The van der Waals surface area contributed by atoms with Gasteiger partial charge in [-0.3, -0.25) is 0 Å². The predicted octanol–water partition coefficient (Wildman–Crippen LogP) is 1.65. The largest absolute Gasteiger partial charge is 0.450 e. The zero-order valence-corrected chi connectivity index (χ0v) is 10.1. The van der Waals surface area contributed by atoms with Crippen molar-refractivity contribution >= 4 is 6.09 Å². The van der Waals surface area contributed by atoms with Crippen LogP contribution in [0.3, 0.4) is 0 Å². The van der Waals surface area contributed by atoms with Gasteiger partial charge in [0.1, 0.15) is 0 Å². The van der Waals surface area contributed by atoms with E-state index in [9.17, 15) is 4.79 Å². The number of carbonyl (C=O) groups is 1. The summed E-state index contributed by atoms with van der Waals surface area (Å²) in [5, 5.41) is 6.43. The Labute approximate surface area is 97.1 Å². The van der Waals surface area contributed by atoms with Crippen LogP contribution in [0, 0.1) is 5.41 Å². The van der Waals surface area contributed by atoms with Crippen LogP contribution in [0.4, 0.5) is 4.79 Å². The Balaban J connectivity index is 1.73. The lowest BCUT2D eigenvalue weighted by atomic mass is 9.90. The van der Waals surface area contributed by atoms with Crippen LogP contribution in [-0.4, -0.2) is 31.8 Å². The second kappa shape index (κ2) is 5.04. The predicted molar refractivity (Wildman–Crippen MR) is 62.3 cm³/mol. The van der Waals surface area contributed by atoms with Crippen molar-refractivity contribution in [2.75, 3.05) is 19.7 Å². The van der Waals surface area contributed by atoms with Gasteiger partial charge in [0.25, 0.3) is 0 Å². The Kier molecular flexibility index (Phi) is 3.69. The van der Waals surface area contributed by atoms with Gasteiger partial charge in [0.15, 0.2) is 0 Å². The van der Waals surface area contributed by atoms with E-state index in [0.29, 0.717) is 18.1 Å². The van der Waals surface area contributed by atoms with E-state index >= 15 is 0 Å². The van der Waals surface area contributed by atoms with Crippen LogP contribution in [0.1, 0.15) is 39.0 Å². The van der Waals surface area contributed by atoms with Gasteiger partial charge in [-0.25, -0.2) is 4.79 Å². The molecule has 2 rings (SSSR count). The maximum absolute atomic E-state index is 11.5. The molecule has 1 saturated heterocycles. The number of ether oxygens (including phenoxy) is 1. The van der Waals surface area contributed by atoms with Crippen molar-refractivity contribution in [1.29, 1.82) is 0 Å². The Morgan fingerprint density at radius 1 is 1.56 bits per heavy atom. The van der Waals surface area contributed by atoms with Gasteiger partial charge in [-0.15, -0.1) is 0 Å². The minimum absolute atomic E-state index is 0.230. The molecule has 0 aromatic rings. The van der Waals surface area contributed by atoms with Gasteiger partial charge in [0.05, 0.1) is 6.61 Å². The number of rotatable bonds is 4. The van der Waals surface area contributed by atoms with Gasteiger partial charge in [-0.1, -0.05) is 13.3 Å². The Hall–Kier alpha value is -0.770. The van der Waals surface area contributed by atoms with Crippen molar-refractivity contribution in [2.24, 2.45) is 5.41 Å². The van der Waals surface area contributed by atoms with Crippen LogP contribution in [0.5, 0.6) is 0 Å². The molecule has 1 heterocycles. The van der Waals surface area contributed by atoms with E-state index in [0.717, 1.165) is 32.4 Å². The molecule has 2 fully saturated rings. The van der Waals surface area contributed by atoms with Crippen LogP contribution in [0.2, 0.25) is 0 Å². The summed E-state index contributed by atoms with van der Waals surface area (Å²) >= 11 is 0. The summed E-state index contributed by atoms with van der Waals surface area (Å²) in [7, 11) is 0. The Morgan fingerprint density at radius 3 is 3.06 bits per heavy atom. The molecular weight excluding hydrogens is 204 g/mol. The van der Waals surface area contributed by atoms with E-state index in [1.807, 2.05) is 0 Å². The summed E-state index contributed by atoms with van der Waals surface area (Å²) in [6.07, 6.45) is 5.28. The van der Waals surface area contributed by atoms with Crippen molar-refractivity contribution in [3.63, 3.8) is 0 Å². The highest BCUT2D eigenvalue weighted by molar-refractivity contribution is 5.67. The molecule has 92 valence electrons. The number of hydrogen-bond acceptors (Lipinski definition) is 3. The van der Waals surface area contributed by atoms with Crippen molar-refractivity contribution < 1.29 is 9.53 Å². The minimum atomic E-state index is -0.230. The highest BCUT2D eigenvalue weighted by Crippen LogP contribution is 2.50. The van der Waals surface area contributed by atoms with Crippen LogP contribution in [0.25, 0.3) is 0 Å².